The molecule has 0 atom stereocenters. The number of amides is 1. The minimum absolute atomic E-state index is 0.0914. The molecule has 1 aromatic carbocycles. The van der Waals surface area contributed by atoms with Gasteiger partial charge in [-0.3, -0.25) is 4.79 Å². The summed E-state index contributed by atoms with van der Waals surface area (Å²) < 4.78 is 0.701. The summed E-state index contributed by atoms with van der Waals surface area (Å²) in [5, 5.41) is 11.7. The van der Waals surface area contributed by atoms with Crippen molar-refractivity contribution in [1.82, 2.24) is 0 Å². The lowest BCUT2D eigenvalue weighted by Crippen LogP contribution is -2.06. The van der Waals surface area contributed by atoms with Gasteiger partial charge in [0, 0.05) is 16.2 Å². The lowest BCUT2D eigenvalue weighted by molar-refractivity contribution is -0.111. The van der Waals surface area contributed by atoms with Crippen LogP contribution in [0.1, 0.15) is 0 Å². The van der Waals surface area contributed by atoms with Crippen molar-refractivity contribution in [2.45, 2.75) is 0 Å². The monoisotopic (exact) mass is 241 g/mol. The molecule has 0 bridgehead atoms. The molecule has 0 fully saturated rings. The molecule has 0 radical (unpaired) electrons. The van der Waals surface area contributed by atoms with Gasteiger partial charge in [0.1, 0.15) is 5.75 Å². The molecule has 0 saturated carbocycles. The highest BCUT2D eigenvalue weighted by Crippen LogP contribution is 2.23. The predicted octanol–water partition coefficient (Wildman–Crippen LogP) is 2.28. The second-order valence-electron chi connectivity index (χ2n) is 2.39. The van der Waals surface area contributed by atoms with Crippen LogP contribution in [0.5, 0.6) is 5.75 Å². The molecule has 0 spiro atoms. The Morgan fingerprint density at radius 3 is 2.77 bits per heavy atom. The lowest BCUT2D eigenvalue weighted by atomic mass is 10.3. The van der Waals surface area contributed by atoms with Crippen molar-refractivity contribution in [1.29, 1.82) is 0 Å². The molecule has 0 unspecified atom stereocenters. The summed E-state index contributed by atoms with van der Waals surface area (Å²) in [5.74, 6) is -0.216. The van der Waals surface area contributed by atoms with E-state index in [1.807, 2.05) is 0 Å². The number of hydrogen-bond donors (Lipinski definition) is 2. The summed E-state index contributed by atoms with van der Waals surface area (Å²) in [6, 6.07) is 4.66. The van der Waals surface area contributed by atoms with Crippen LogP contribution < -0.4 is 5.32 Å². The first-order valence-electron chi connectivity index (χ1n) is 3.55. The largest absolute Gasteiger partial charge is 0.508 e. The van der Waals surface area contributed by atoms with Gasteiger partial charge in [-0.15, -0.1) is 0 Å². The van der Waals surface area contributed by atoms with Crippen LogP contribution in [0.25, 0.3) is 0 Å². The smallest absolute Gasteiger partial charge is 0.247 e. The Bertz CT molecular complexity index is 329. The number of phenolic OH excluding ortho intramolecular Hbond substituents is 1. The maximum atomic E-state index is 10.9. The van der Waals surface area contributed by atoms with Crippen LogP contribution in [-0.4, -0.2) is 11.0 Å². The van der Waals surface area contributed by atoms with Crippen LogP contribution in [0.3, 0.4) is 0 Å². The highest BCUT2D eigenvalue weighted by molar-refractivity contribution is 9.10. The molecule has 68 valence electrons. The van der Waals surface area contributed by atoms with Gasteiger partial charge in [-0.05, 0) is 18.2 Å². The van der Waals surface area contributed by atoms with Gasteiger partial charge < -0.3 is 10.4 Å². The third kappa shape index (κ3) is 2.91. The molecule has 2 N–H and O–H groups in total. The zero-order chi connectivity index (χ0) is 9.84. The zero-order valence-electron chi connectivity index (χ0n) is 6.75. The number of nitrogens with one attached hydrogen (secondary N) is 1. The van der Waals surface area contributed by atoms with Crippen LogP contribution in [0, 0.1) is 0 Å². The molecule has 1 amide bonds. The minimum Gasteiger partial charge on any atom is -0.508 e. The van der Waals surface area contributed by atoms with Crippen molar-refractivity contribution in [3.8, 4) is 5.75 Å². The van der Waals surface area contributed by atoms with E-state index in [1.54, 1.807) is 6.07 Å². The van der Waals surface area contributed by atoms with Gasteiger partial charge in [0.2, 0.25) is 5.91 Å². The van der Waals surface area contributed by atoms with Gasteiger partial charge in [-0.1, -0.05) is 22.5 Å². The van der Waals surface area contributed by atoms with Crippen molar-refractivity contribution in [2.24, 2.45) is 0 Å². The summed E-state index contributed by atoms with van der Waals surface area (Å²) in [6.07, 6.45) is 1.16. The Kier molecular flexibility index (Phi) is 3.08. The molecule has 1 aromatic rings. The number of halogens is 1. The quantitative estimate of drug-likeness (QED) is 0.781. The Labute approximate surface area is 84.2 Å². The number of phenols is 1. The van der Waals surface area contributed by atoms with Crippen molar-refractivity contribution in [3.05, 3.63) is 35.3 Å². The highest BCUT2D eigenvalue weighted by atomic mass is 79.9. The molecule has 0 heterocycles. The van der Waals surface area contributed by atoms with E-state index < -0.39 is 0 Å². The van der Waals surface area contributed by atoms with Gasteiger partial charge in [-0.25, -0.2) is 0 Å². The van der Waals surface area contributed by atoms with Crippen LogP contribution in [0.15, 0.2) is 35.3 Å². The minimum atomic E-state index is -0.308. The third-order valence-electron chi connectivity index (χ3n) is 1.34. The van der Waals surface area contributed by atoms with E-state index in [0.717, 1.165) is 6.08 Å². The average Bonchev–Trinajstić information content (AvgIpc) is 2.02. The van der Waals surface area contributed by atoms with Crippen LogP contribution in [-0.2, 0) is 4.79 Å². The van der Waals surface area contributed by atoms with E-state index in [4.69, 9.17) is 0 Å². The SMILES string of the molecule is C=CC(=O)Nc1cc(O)cc(Br)c1. The summed E-state index contributed by atoms with van der Waals surface area (Å²) in [6.45, 7) is 3.32. The number of hydrogen-bond acceptors (Lipinski definition) is 2. The third-order valence-corrected chi connectivity index (χ3v) is 1.79. The first-order valence-corrected chi connectivity index (χ1v) is 4.34. The molecule has 0 aromatic heterocycles. The molecule has 13 heavy (non-hydrogen) atoms. The fourth-order valence-corrected chi connectivity index (χ4v) is 1.32. The Hall–Kier alpha value is -1.29. The Morgan fingerprint density at radius 1 is 1.54 bits per heavy atom. The number of carbonyl (C=O) groups is 1. The number of rotatable bonds is 2. The van der Waals surface area contributed by atoms with E-state index in [9.17, 15) is 9.90 Å². The molecule has 0 aliphatic rings. The van der Waals surface area contributed by atoms with Gasteiger partial charge in [0.05, 0.1) is 0 Å². The van der Waals surface area contributed by atoms with E-state index >= 15 is 0 Å². The van der Waals surface area contributed by atoms with Gasteiger partial charge in [0.15, 0.2) is 0 Å². The first-order chi connectivity index (χ1) is 6.11. The fraction of sp³-hybridized carbons (Fsp3) is 0. The summed E-state index contributed by atoms with van der Waals surface area (Å²) in [5.41, 5.74) is 0.525. The summed E-state index contributed by atoms with van der Waals surface area (Å²) in [4.78, 5) is 10.9. The van der Waals surface area contributed by atoms with E-state index in [1.165, 1.54) is 12.1 Å². The molecule has 3 nitrogen and oxygen atoms in total. The van der Waals surface area contributed by atoms with E-state index in [2.05, 4.69) is 27.8 Å². The van der Waals surface area contributed by atoms with Crippen molar-refractivity contribution < 1.29 is 9.90 Å². The molecule has 0 saturated heterocycles. The average molecular weight is 242 g/mol. The van der Waals surface area contributed by atoms with Crippen molar-refractivity contribution >= 4 is 27.5 Å². The maximum Gasteiger partial charge on any atom is 0.247 e. The topological polar surface area (TPSA) is 49.3 Å². The number of carbonyl (C=O) groups excluding carboxylic acids is 1. The van der Waals surface area contributed by atoms with E-state index in [0.29, 0.717) is 10.2 Å². The standard InChI is InChI=1S/C9H8BrNO2/c1-2-9(13)11-7-3-6(10)4-8(12)5-7/h2-5,12H,1H2,(H,11,13). The Balaban J connectivity index is 2.89. The molecular formula is C9H8BrNO2. The molecule has 0 aliphatic heterocycles. The number of anilines is 1. The molecular weight excluding hydrogens is 234 g/mol. The highest BCUT2D eigenvalue weighted by Gasteiger charge is 2.00. The van der Waals surface area contributed by atoms with Crippen LogP contribution in [0.4, 0.5) is 5.69 Å². The van der Waals surface area contributed by atoms with Gasteiger partial charge >= 0.3 is 0 Å². The van der Waals surface area contributed by atoms with Crippen LogP contribution in [0.2, 0.25) is 0 Å². The summed E-state index contributed by atoms with van der Waals surface area (Å²) in [7, 11) is 0. The number of aromatic hydroxyl groups is 1. The second kappa shape index (κ2) is 4.09. The maximum absolute atomic E-state index is 10.9. The predicted molar refractivity (Wildman–Crippen MR) is 54.6 cm³/mol. The van der Waals surface area contributed by atoms with E-state index in [-0.39, 0.29) is 11.7 Å². The second-order valence-corrected chi connectivity index (χ2v) is 3.31. The molecule has 4 heteroatoms. The van der Waals surface area contributed by atoms with Gasteiger partial charge in [-0.2, -0.15) is 0 Å². The first kappa shape index (κ1) is 9.80. The molecule has 0 aliphatic carbocycles. The number of benzene rings is 1. The lowest BCUT2D eigenvalue weighted by Gasteiger charge is -2.03. The Morgan fingerprint density at radius 2 is 2.23 bits per heavy atom. The fourth-order valence-electron chi connectivity index (χ4n) is 0.840. The summed E-state index contributed by atoms with van der Waals surface area (Å²) >= 11 is 3.19. The molecule has 1 rings (SSSR count). The van der Waals surface area contributed by atoms with Crippen LogP contribution >= 0.6 is 15.9 Å². The van der Waals surface area contributed by atoms with Crippen molar-refractivity contribution in [3.63, 3.8) is 0 Å². The van der Waals surface area contributed by atoms with Gasteiger partial charge in [0.25, 0.3) is 0 Å². The zero-order valence-corrected chi connectivity index (χ0v) is 8.34. The van der Waals surface area contributed by atoms with Crippen molar-refractivity contribution in [2.75, 3.05) is 5.32 Å². The normalized spacial score (nSPS) is 9.31.